The summed E-state index contributed by atoms with van der Waals surface area (Å²) < 4.78 is 28.9. The van der Waals surface area contributed by atoms with Crippen molar-refractivity contribution in [3.8, 4) is 0 Å². The van der Waals surface area contributed by atoms with Gasteiger partial charge >= 0.3 is 5.97 Å². The summed E-state index contributed by atoms with van der Waals surface area (Å²) in [4.78, 5) is 17.1. The summed E-state index contributed by atoms with van der Waals surface area (Å²) in [6, 6.07) is 2.90. The van der Waals surface area contributed by atoms with Crippen LogP contribution in [0, 0.1) is 6.92 Å². The predicted molar refractivity (Wildman–Crippen MR) is 77.4 cm³/mol. The maximum Gasteiger partial charge on any atom is 0.338 e. The number of benzene rings is 1. The van der Waals surface area contributed by atoms with Gasteiger partial charge in [-0.3, -0.25) is 0 Å². The van der Waals surface area contributed by atoms with Crippen LogP contribution in [0.2, 0.25) is 0 Å². The molecule has 0 saturated carbocycles. The van der Waals surface area contributed by atoms with Crippen molar-refractivity contribution < 1.29 is 22.8 Å². The number of oxime groups is 1. The van der Waals surface area contributed by atoms with Gasteiger partial charge in [-0.05, 0) is 31.5 Å². The summed E-state index contributed by atoms with van der Waals surface area (Å²) in [6.45, 7) is 4.07. The summed E-state index contributed by atoms with van der Waals surface area (Å²) in [7, 11) is -3.44. The van der Waals surface area contributed by atoms with E-state index in [-0.39, 0.29) is 11.5 Å². The van der Waals surface area contributed by atoms with Crippen LogP contribution in [-0.2, 0) is 19.4 Å². The number of rotatable bonds is 4. The minimum Gasteiger partial charge on any atom is -0.462 e. The van der Waals surface area contributed by atoms with Crippen LogP contribution in [0.3, 0.4) is 0 Å². The number of hydrogen-bond donors (Lipinski definition) is 0. The largest absolute Gasteiger partial charge is 0.462 e. The van der Waals surface area contributed by atoms with Crippen molar-refractivity contribution in [1.29, 1.82) is 0 Å². The van der Waals surface area contributed by atoms with Gasteiger partial charge in [-0.25, -0.2) is 13.2 Å². The van der Waals surface area contributed by atoms with Crippen LogP contribution in [0.5, 0.6) is 0 Å². The van der Waals surface area contributed by atoms with E-state index in [0.29, 0.717) is 35.4 Å². The van der Waals surface area contributed by atoms with Gasteiger partial charge < -0.3 is 9.57 Å². The monoisotopic (exact) mass is 311 g/mol. The van der Waals surface area contributed by atoms with E-state index in [9.17, 15) is 13.2 Å². The molecule has 0 aromatic heterocycles. The molecular weight excluding hydrogens is 294 g/mol. The Morgan fingerprint density at radius 2 is 2.14 bits per heavy atom. The molecule has 0 N–H and O–H groups in total. The molecule has 0 saturated heterocycles. The highest BCUT2D eigenvalue weighted by molar-refractivity contribution is 7.90. The second-order valence-corrected chi connectivity index (χ2v) is 6.71. The second-order valence-electron chi connectivity index (χ2n) is 4.73. The van der Waals surface area contributed by atoms with Gasteiger partial charge in [-0.15, -0.1) is 0 Å². The minimum atomic E-state index is -3.44. The first-order valence-electron chi connectivity index (χ1n) is 6.56. The van der Waals surface area contributed by atoms with E-state index >= 15 is 0 Å². The summed E-state index contributed by atoms with van der Waals surface area (Å²) >= 11 is 0. The smallest absolute Gasteiger partial charge is 0.338 e. The van der Waals surface area contributed by atoms with E-state index in [0.717, 1.165) is 6.26 Å². The van der Waals surface area contributed by atoms with Crippen LogP contribution < -0.4 is 0 Å². The number of esters is 1. The summed E-state index contributed by atoms with van der Waals surface area (Å²) in [5, 5.41) is 3.89. The number of carbonyl (C=O) groups is 1. The Bertz CT molecular complexity index is 706. The summed E-state index contributed by atoms with van der Waals surface area (Å²) in [6.07, 6.45) is 1.64. The van der Waals surface area contributed by atoms with Gasteiger partial charge in [0.2, 0.25) is 0 Å². The van der Waals surface area contributed by atoms with Crippen LogP contribution in [0.4, 0.5) is 0 Å². The molecule has 0 bridgehead atoms. The third kappa shape index (κ3) is 3.07. The number of hydrogen-bond acceptors (Lipinski definition) is 6. The Morgan fingerprint density at radius 1 is 1.43 bits per heavy atom. The lowest BCUT2D eigenvalue weighted by Crippen LogP contribution is -2.15. The maximum absolute atomic E-state index is 12.0. The first-order valence-corrected chi connectivity index (χ1v) is 8.45. The first-order chi connectivity index (χ1) is 9.86. The summed E-state index contributed by atoms with van der Waals surface area (Å²) in [5.74, 6) is -0.476. The van der Waals surface area contributed by atoms with Crippen LogP contribution in [0.1, 0.15) is 34.8 Å². The average Bonchev–Trinajstić information content (AvgIpc) is 2.90. The average molecular weight is 311 g/mol. The molecule has 1 heterocycles. The zero-order valence-corrected chi connectivity index (χ0v) is 13.0. The second kappa shape index (κ2) is 5.85. The number of nitrogens with zero attached hydrogens (tertiary/aromatic N) is 1. The van der Waals surface area contributed by atoms with Crippen LogP contribution >= 0.6 is 0 Å². The number of ether oxygens (including phenoxy) is 1. The molecule has 0 unspecified atom stereocenters. The number of carbonyl (C=O) groups excluding carboxylic acids is 1. The molecule has 7 heteroatoms. The molecule has 0 aliphatic carbocycles. The standard InChI is InChI=1S/C14H17NO5S/c1-4-19-14(16)10-5-6-12(21(3,17)18)13(9(10)2)11-7-8-20-15-11/h5-6H,4,7-8H2,1-3H3. The molecule has 6 nitrogen and oxygen atoms in total. The zero-order chi connectivity index (χ0) is 15.6. The summed E-state index contributed by atoms with van der Waals surface area (Å²) in [5.41, 5.74) is 1.87. The predicted octanol–water partition coefficient (Wildman–Crippen LogP) is 1.70. The van der Waals surface area contributed by atoms with Gasteiger partial charge in [0, 0.05) is 18.2 Å². The Hall–Kier alpha value is -1.89. The van der Waals surface area contributed by atoms with E-state index in [1.54, 1.807) is 13.8 Å². The van der Waals surface area contributed by atoms with Gasteiger partial charge in [-0.1, -0.05) is 5.16 Å². The van der Waals surface area contributed by atoms with Crippen molar-refractivity contribution in [1.82, 2.24) is 0 Å². The van der Waals surface area contributed by atoms with Gasteiger partial charge in [0.15, 0.2) is 9.84 Å². The van der Waals surface area contributed by atoms with E-state index in [4.69, 9.17) is 9.57 Å². The maximum atomic E-state index is 12.0. The highest BCUT2D eigenvalue weighted by atomic mass is 32.2. The lowest BCUT2D eigenvalue weighted by atomic mass is 9.97. The molecule has 0 atom stereocenters. The molecular formula is C14H17NO5S. The van der Waals surface area contributed by atoms with E-state index in [2.05, 4.69) is 5.16 Å². The molecule has 2 rings (SSSR count). The highest BCUT2D eigenvalue weighted by Crippen LogP contribution is 2.27. The molecule has 0 fully saturated rings. The van der Waals surface area contributed by atoms with Crippen molar-refractivity contribution in [2.75, 3.05) is 19.5 Å². The Morgan fingerprint density at radius 3 is 2.67 bits per heavy atom. The van der Waals surface area contributed by atoms with Crippen molar-refractivity contribution in [3.05, 3.63) is 28.8 Å². The van der Waals surface area contributed by atoms with Crippen LogP contribution in [-0.4, -0.2) is 39.6 Å². The van der Waals surface area contributed by atoms with Crippen molar-refractivity contribution in [3.63, 3.8) is 0 Å². The van der Waals surface area contributed by atoms with Crippen molar-refractivity contribution in [2.45, 2.75) is 25.2 Å². The third-order valence-electron chi connectivity index (χ3n) is 3.22. The molecule has 21 heavy (non-hydrogen) atoms. The van der Waals surface area contributed by atoms with E-state index in [1.807, 2.05) is 0 Å². The third-order valence-corrected chi connectivity index (χ3v) is 4.35. The Balaban J connectivity index is 2.66. The van der Waals surface area contributed by atoms with E-state index < -0.39 is 15.8 Å². The lowest BCUT2D eigenvalue weighted by molar-refractivity contribution is 0.0525. The van der Waals surface area contributed by atoms with Gasteiger partial charge in [-0.2, -0.15) is 0 Å². The normalized spacial score (nSPS) is 14.5. The Labute approximate surface area is 123 Å². The van der Waals surface area contributed by atoms with Crippen LogP contribution in [0.25, 0.3) is 0 Å². The molecule has 0 radical (unpaired) electrons. The zero-order valence-electron chi connectivity index (χ0n) is 12.2. The molecule has 0 spiro atoms. The first kappa shape index (κ1) is 15.5. The molecule has 1 aromatic carbocycles. The minimum absolute atomic E-state index is 0.150. The highest BCUT2D eigenvalue weighted by Gasteiger charge is 2.25. The van der Waals surface area contributed by atoms with Crippen molar-refractivity contribution >= 4 is 21.5 Å². The van der Waals surface area contributed by atoms with Gasteiger partial charge in [0.25, 0.3) is 0 Å². The van der Waals surface area contributed by atoms with Crippen LogP contribution in [0.15, 0.2) is 22.2 Å². The molecule has 1 aliphatic heterocycles. The SMILES string of the molecule is CCOC(=O)c1ccc(S(C)(=O)=O)c(C2=NOCC2)c1C. The van der Waals surface area contributed by atoms with Gasteiger partial charge in [0.1, 0.15) is 6.61 Å². The molecule has 0 amide bonds. The Kier molecular flexibility index (Phi) is 4.32. The molecule has 1 aromatic rings. The van der Waals surface area contributed by atoms with Gasteiger partial charge in [0.05, 0.1) is 22.8 Å². The fraction of sp³-hybridized carbons (Fsp3) is 0.429. The fourth-order valence-corrected chi connectivity index (χ4v) is 3.22. The fourth-order valence-electron chi connectivity index (χ4n) is 2.27. The van der Waals surface area contributed by atoms with E-state index in [1.165, 1.54) is 12.1 Å². The molecule has 114 valence electrons. The topological polar surface area (TPSA) is 82.0 Å². The quantitative estimate of drug-likeness (QED) is 0.790. The lowest BCUT2D eigenvalue weighted by Gasteiger charge is -2.14. The number of sulfone groups is 1. The molecule has 1 aliphatic rings. The van der Waals surface area contributed by atoms with Crippen molar-refractivity contribution in [2.24, 2.45) is 5.16 Å².